The molecule has 1 aromatic heterocycles. The fourth-order valence-electron chi connectivity index (χ4n) is 3.56. The van der Waals surface area contributed by atoms with Crippen LogP contribution in [0.15, 0.2) is 24.4 Å². The molecule has 0 saturated heterocycles. The highest BCUT2D eigenvalue weighted by atomic mass is 35.5. The van der Waals surface area contributed by atoms with Crippen LogP contribution in [0.5, 0.6) is 0 Å². The Morgan fingerprint density at radius 2 is 2.03 bits per heavy atom. The standard InChI is InChI=1S/C22H28Cl2N4O2/c1-13(2)21(15-4-5-17(23)18(24)9-15)27-22(30)28-7-6-16-10-25-20(8-14(3)12-29)26-19(16)11-28/h4-5,9-10,13-14,21,29H,6-8,11-12H2,1-3H3,(H,27,30)/t14-,21+/m1/s1. The number of fused-ring (bicyclic) bond motifs is 1. The van der Waals surface area contributed by atoms with Crippen molar-refractivity contribution in [3.05, 3.63) is 57.1 Å². The van der Waals surface area contributed by atoms with Gasteiger partial charge in [0.15, 0.2) is 0 Å². The summed E-state index contributed by atoms with van der Waals surface area (Å²) in [5.74, 6) is 0.981. The van der Waals surface area contributed by atoms with Crippen molar-refractivity contribution in [3.63, 3.8) is 0 Å². The number of nitrogens with zero attached hydrogens (tertiary/aromatic N) is 3. The minimum Gasteiger partial charge on any atom is -0.396 e. The molecular weight excluding hydrogens is 423 g/mol. The Labute approximate surface area is 187 Å². The molecule has 2 amide bonds. The third-order valence-electron chi connectivity index (χ3n) is 5.37. The second-order valence-corrected chi connectivity index (χ2v) is 9.08. The van der Waals surface area contributed by atoms with Gasteiger partial charge in [0.25, 0.3) is 0 Å². The highest BCUT2D eigenvalue weighted by molar-refractivity contribution is 6.42. The topological polar surface area (TPSA) is 78.4 Å². The number of hydrogen-bond acceptors (Lipinski definition) is 4. The van der Waals surface area contributed by atoms with Crippen LogP contribution in [0.4, 0.5) is 4.79 Å². The van der Waals surface area contributed by atoms with Crippen molar-refractivity contribution in [1.29, 1.82) is 0 Å². The maximum atomic E-state index is 13.0. The van der Waals surface area contributed by atoms with Crippen LogP contribution >= 0.6 is 23.2 Å². The molecule has 2 N–H and O–H groups in total. The number of carbonyl (C=O) groups excluding carboxylic acids is 1. The van der Waals surface area contributed by atoms with E-state index in [1.165, 1.54) is 0 Å². The number of carbonyl (C=O) groups is 1. The summed E-state index contributed by atoms with van der Waals surface area (Å²) < 4.78 is 0. The number of halogens is 2. The van der Waals surface area contributed by atoms with E-state index < -0.39 is 0 Å². The molecule has 1 aromatic carbocycles. The van der Waals surface area contributed by atoms with Gasteiger partial charge in [0.2, 0.25) is 0 Å². The van der Waals surface area contributed by atoms with Crippen LogP contribution in [-0.2, 0) is 19.4 Å². The summed E-state index contributed by atoms with van der Waals surface area (Å²) in [4.78, 5) is 23.9. The van der Waals surface area contributed by atoms with E-state index >= 15 is 0 Å². The zero-order valence-electron chi connectivity index (χ0n) is 17.5. The van der Waals surface area contributed by atoms with E-state index in [1.54, 1.807) is 11.0 Å². The summed E-state index contributed by atoms with van der Waals surface area (Å²) >= 11 is 12.2. The molecule has 1 aliphatic heterocycles. The summed E-state index contributed by atoms with van der Waals surface area (Å²) in [5, 5.41) is 13.4. The predicted molar refractivity (Wildman–Crippen MR) is 119 cm³/mol. The summed E-state index contributed by atoms with van der Waals surface area (Å²) in [6.07, 6.45) is 3.18. The zero-order valence-corrected chi connectivity index (χ0v) is 19.0. The second-order valence-electron chi connectivity index (χ2n) is 8.27. The van der Waals surface area contributed by atoms with Crippen molar-refractivity contribution in [2.45, 2.75) is 46.2 Å². The molecule has 2 atom stereocenters. The fraction of sp³-hybridized carbons (Fsp3) is 0.500. The van der Waals surface area contributed by atoms with Crippen molar-refractivity contribution < 1.29 is 9.90 Å². The molecular formula is C22H28Cl2N4O2. The third-order valence-corrected chi connectivity index (χ3v) is 6.11. The van der Waals surface area contributed by atoms with Crippen LogP contribution < -0.4 is 5.32 Å². The molecule has 2 heterocycles. The summed E-state index contributed by atoms with van der Waals surface area (Å²) in [6, 6.07) is 5.15. The van der Waals surface area contributed by atoms with Crippen LogP contribution in [0.3, 0.4) is 0 Å². The molecule has 0 saturated carbocycles. The Bertz CT molecular complexity index is 907. The first-order chi connectivity index (χ1) is 14.3. The normalized spacial score (nSPS) is 15.6. The van der Waals surface area contributed by atoms with Crippen molar-refractivity contribution in [3.8, 4) is 0 Å². The molecule has 3 rings (SSSR count). The van der Waals surface area contributed by atoms with Crippen LogP contribution in [-0.4, -0.2) is 39.2 Å². The van der Waals surface area contributed by atoms with Crippen LogP contribution in [0.2, 0.25) is 10.0 Å². The number of aliphatic hydroxyl groups is 1. The number of urea groups is 1. The number of amides is 2. The molecule has 0 aliphatic carbocycles. The molecule has 0 unspecified atom stereocenters. The molecule has 0 radical (unpaired) electrons. The Morgan fingerprint density at radius 1 is 1.27 bits per heavy atom. The maximum Gasteiger partial charge on any atom is 0.318 e. The van der Waals surface area contributed by atoms with Gasteiger partial charge in [-0.25, -0.2) is 14.8 Å². The van der Waals surface area contributed by atoms with E-state index in [-0.39, 0.29) is 30.5 Å². The van der Waals surface area contributed by atoms with Crippen molar-refractivity contribution in [1.82, 2.24) is 20.2 Å². The highest BCUT2D eigenvalue weighted by Gasteiger charge is 2.26. The fourth-order valence-corrected chi connectivity index (χ4v) is 3.86. The molecule has 30 heavy (non-hydrogen) atoms. The average Bonchev–Trinajstić information content (AvgIpc) is 2.73. The van der Waals surface area contributed by atoms with E-state index in [0.29, 0.717) is 35.4 Å². The van der Waals surface area contributed by atoms with E-state index in [1.807, 2.05) is 25.3 Å². The second kappa shape index (κ2) is 9.94. The largest absolute Gasteiger partial charge is 0.396 e. The van der Waals surface area contributed by atoms with Crippen LogP contribution in [0.1, 0.15) is 49.5 Å². The Balaban J connectivity index is 1.72. The lowest BCUT2D eigenvalue weighted by atomic mass is 9.96. The number of aliphatic hydroxyl groups excluding tert-OH is 1. The van der Waals surface area contributed by atoms with Crippen molar-refractivity contribution >= 4 is 29.2 Å². The molecule has 1 aliphatic rings. The number of nitrogens with one attached hydrogen (secondary N) is 1. The minimum absolute atomic E-state index is 0.0975. The Kier molecular flexibility index (Phi) is 7.55. The lowest BCUT2D eigenvalue weighted by Gasteiger charge is -2.31. The SMILES string of the molecule is CC(C)[C@H](NC(=O)N1CCc2cnc(C[C@@H](C)CO)nc2C1)c1ccc(Cl)c(Cl)c1. The van der Waals surface area contributed by atoms with Gasteiger partial charge in [-0.05, 0) is 41.5 Å². The van der Waals surface area contributed by atoms with Gasteiger partial charge in [-0.15, -0.1) is 0 Å². The van der Waals surface area contributed by atoms with E-state index in [4.69, 9.17) is 23.2 Å². The molecule has 8 heteroatoms. The molecule has 2 aromatic rings. The summed E-state index contributed by atoms with van der Waals surface area (Å²) in [5.41, 5.74) is 2.87. The van der Waals surface area contributed by atoms with Crippen molar-refractivity contribution in [2.75, 3.05) is 13.2 Å². The van der Waals surface area contributed by atoms with Gasteiger partial charge in [0.1, 0.15) is 5.82 Å². The molecule has 162 valence electrons. The van der Waals surface area contributed by atoms with Gasteiger partial charge < -0.3 is 15.3 Å². The molecule has 0 bridgehead atoms. The average molecular weight is 451 g/mol. The zero-order chi connectivity index (χ0) is 21.8. The van der Waals surface area contributed by atoms with Crippen LogP contribution in [0.25, 0.3) is 0 Å². The predicted octanol–water partition coefficient (Wildman–Crippen LogP) is 4.42. The van der Waals surface area contributed by atoms with Crippen molar-refractivity contribution in [2.24, 2.45) is 11.8 Å². The Hall–Kier alpha value is -1.89. The third kappa shape index (κ3) is 5.42. The van der Waals surface area contributed by atoms with E-state index in [2.05, 4.69) is 29.1 Å². The minimum atomic E-state index is -0.181. The van der Waals surface area contributed by atoms with Gasteiger partial charge >= 0.3 is 6.03 Å². The summed E-state index contributed by atoms with van der Waals surface area (Å²) in [7, 11) is 0. The first-order valence-corrected chi connectivity index (χ1v) is 11.0. The Morgan fingerprint density at radius 3 is 2.70 bits per heavy atom. The quantitative estimate of drug-likeness (QED) is 0.682. The van der Waals surface area contributed by atoms with Gasteiger partial charge in [-0.2, -0.15) is 0 Å². The monoisotopic (exact) mass is 450 g/mol. The first-order valence-electron chi connectivity index (χ1n) is 10.2. The molecule has 0 spiro atoms. The van der Waals surface area contributed by atoms with Gasteiger partial charge in [-0.3, -0.25) is 0 Å². The number of hydrogen-bond donors (Lipinski definition) is 2. The summed E-state index contributed by atoms with van der Waals surface area (Å²) in [6.45, 7) is 7.22. The highest BCUT2D eigenvalue weighted by Crippen LogP contribution is 2.29. The maximum absolute atomic E-state index is 13.0. The molecule has 6 nitrogen and oxygen atoms in total. The number of benzene rings is 1. The lowest BCUT2D eigenvalue weighted by molar-refractivity contribution is 0.183. The van der Waals surface area contributed by atoms with E-state index in [0.717, 1.165) is 23.2 Å². The molecule has 0 fully saturated rings. The van der Waals surface area contributed by atoms with Crippen LogP contribution in [0, 0.1) is 11.8 Å². The van der Waals surface area contributed by atoms with Gasteiger partial charge in [-0.1, -0.05) is 50.0 Å². The first kappa shape index (κ1) is 22.8. The van der Waals surface area contributed by atoms with Gasteiger partial charge in [0.05, 0.1) is 28.3 Å². The number of aromatic nitrogens is 2. The lowest BCUT2D eigenvalue weighted by Crippen LogP contribution is -2.45. The number of rotatable bonds is 6. The smallest absolute Gasteiger partial charge is 0.318 e. The van der Waals surface area contributed by atoms with Gasteiger partial charge in [0, 0.05) is 25.8 Å². The van der Waals surface area contributed by atoms with E-state index in [9.17, 15) is 9.90 Å².